The minimum Gasteiger partial charge on any atom is -0.466 e. The molecule has 1 aliphatic heterocycles. The van der Waals surface area contributed by atoms with Crippen LogP contribution in [-0.4, -0.2) is 73.2 Å². The Morgan fingerprint density at radius 3 is 2.26 bits per heavy atom. The maximum Gasteiger partial charge on any atom is 0.332 e. The van der Waals surface area contributed by atoms with Crippen LogP contribution in [0.2, 0.25) is 0 Å². The molecule has 2 amide bonds. The first kappa shape index (κ1) is 36.8. The lowest BCUT2D eigenvalue weighted by atomic mass is 9.95. The molecule has 0 spiro atoms. The number of allylic oxidation sites excluding steroid dienone is 3. The largest absolute Gasteiger partial charge is 0.466 e. The van der Waals surface area contributed by atoms with Gasteiger partial charge in [-0.1, -0.05) is 37.1 Å². The Morgan fingerprint density at radius 1 is 1.02 bits per heavy atom. The lowest BCUT2D eigenvalue weighted by Crippen LogP contribution is -2.54. The molecule has 9 nitrogen and oxygen atoms in total. The molecule has 1 heterocycles. The van der Waals surface area contributed by atoms with E-state index in [1.807, 2.05) is 13.0 Å². The van der Waals surface area contributed by atoms with Crippen LogP contribution in [-0.2, 0) is 33.4 Å². The van der Waals surface area contributed by atoms with Gasteiger partial charge in [-0.25, -0.2) is 4.79 Å². The number of rotatable bonds is 19. The Balaban J connectivity index is 0.00000281. The molecule has 1 aliphatic carbocycles. The minimum absolute atomic E-state index is 0.0534. The number of nitrogens with zero attached hydrogens (tertiary/aromatic N) is 1. The molecule has 2 aliphatic rings. The number of hydrogen-bond acceptors (Lipinski definition) is 7. The van der Waals surface area contributed by atoms with Gasteiger partial charge in [0.1, 0.15) is 11.6 Å². The third kappa shape index (κ3) is 11.2. The second-order valence-corrected chi connectivity index (χ2v) is 10.7. The summed E-state index contributed by atoms with van der Waals surface area (Å²) in [5.41, 5.74) is -1.16. The molecule has 2 fully saturated rings. The normalized spacial score (nSPS) is 22.9. The molecule has 0 radical (unpaired) electrons. The fourth-order valence-electron chi connectivity index (χ4n) is 5.10. The number of carbonyl (C=O) groups is 4. The zero-order valence-electron chi connectivity index (χ0n) is 25.9. The summed E-state index contributed by atoms with van der Waals surface area (Å²) in [5.74, 6) is -2.49. The number of esters is 2. The quantitative estimate of drug-likeness (QED) is 0.127. The third-order valence-electron chi connectivity index (χ3n) is 7.51. The van der Waals surface area contributed by atoms with Gasteiger partial charge in [0.15, 0.2) is 0 Å². The van der Waals surface area contributed by atoms with E-state index in [-0.39, 0.29) is 44.1 Å². The van der Waals surface area contributed by atoms with Gasteiger partial charge in [-0.2, -0.15) is 0 Å². The highest BCUT2D eigenvalue weighted by Gasteiger charge is 2.62. The summed E-state index contributed by atoms with van der Waals surface area (Å²) in [6, 6.07) is -0.827. The Morgan fingerprint density at radius 2 is 1.69 bits per heavy atom. The van der Waals surface area contributed by atoms with Crippen molar-refractivity contribution in [1.29, 1.82) is 0 Å². The number of likely N-dealkylation sites (tertiary alicyclic amines) is 1. The Bertz CT molecular complexity index is 933. The van der Waals surface area contributed by atoms with E-state index in [1.54, 1.807) is 32.3 Å². The maximum atomic E-state index is 13.8. The molecule has 1 N–H and O–H groups in total. The molecule has 0 bridgehead atoms. The van der Waals surface area contributed by atoms with E-state index in [2.05, 4.69) is 31.6 Å². The van der Waals surface area contributed by atoms with Crippen molar-refractivity contribution < 1.29 is 33.4 Å². The highest BCUT2D eigenvalue weighted by molar-refractivity contribution is 5.96. The number of methoxy groups -OCH3 is 1. The molecule has 0 aromatic heterocycles. The van der Waals surface area contributed by atoms with E-state index < -0.39 is 35.3 Å². The minimum atomic E-state index is -1.16. The fourth-order valence-corrected chi connectivity index (χ4v) is 5.10. The average molecular weight is 589 g/mol. The lowest BCUT2D eigenvalue weighted by Gasteiger charge is -2.29. The number of hydrogen-bond donors (Lipinski definition) is 1. The Kier molecular flexibility index (Phi) is 17.4. The molecule has 236 valence electrons. The van der Waals surface area contributed by atoms with Gasteiger partial charge in [0.05, 0.1) is 25.7 Å². The SMILES string of the molecule is C=CC.C=CCCCCC[C@H](CC(=O)OCCCC=C)C(=O)N1C[C@H](OC)C[C@H]1C(=O)N[C@]1(C(=O)OCC)C[C@H]1C=C. The Labute approximate surface area is 252 Å². The standard InChI is InChI=1S/C30H46N2O7.C3H6/c1-6-10-12-13-14-16-22(18-26(33)39-17-15-11-7-2)28(35)32-21-24(37-5)19-25(32)27(34)31-30(20-23(30)8-3)29(36)38-9-4;1-3-2/h6-8,22-25H,1-3,9-21H2,4-5H3,(H,31,34);3H,1H2,2H3/t22-,23-,24-,25+,30-;/m1./s1. The number of carbonyl (C=O) groups excluding carboxylic acids is 4. The van der Waals surface area contributed by atoms with E-state index in [9.17, 15) is 19.2 Å². The van der Waals surface area contributed by atoms with Crippen LogP contribution in [0.25, 0.3) is 0 Å². The highest BCUT2D eigenvalue weighted by Crippen LogP contribution is 2.45. The van der Waals surface area contributed by atoms with Crippen LogP contribution in [0, 0.1) is 11.8 Å². The first-order valence-electron chi connectivity index (χ1n) is 15.1. The van der Waals surface area contributed by atoms with Crippen molar-refractivity contribution in [3.05, 3.63) is 50.6 Å². The van der Waals surface area contributed by atoms with Gasteiger partial charge in [-0.3, -0.25) is 14.4 Å². The summed E-state index contributed by atoms with van der Waals surface area (Å²) in [4.78, 5) is 54.2. The zero-order chi connectivity index (χ0) is 31.5. The summed E-state index contributed by atoms with van der Waals surface area (Å²) >= 11 is 0. The molecular weight excluding hydrogens is 536 g/mol. The van der Waals surface area contributed by atoms with Gasteiger partial charge in [0.25, 0.3) is 0 Å². The third-order valence-corrected chi connectivity index (χ3v) is 7.51. The Hall–Kier alpha value is -3.20. The molecule has 5 atom stereocenters. The van der Waals surface area contributed by atoms with Crippen molar-refractivity contribution in [3.63, 3.8) is 0 Å². The first-order valence-corrected chi connectivity index (χ1v) is 15.1. The van der Waals surface area contributed by atoms with Gasteiger partial charge in [0, 0.05) is 31.9 Å². The van der Waals surface area contributed by atoms with Crippen LogP contribution in [0.5, 0.6) is 0 Å². The second-order valence-electron chi connectivity index (χ2n) is 10.7. The van der Waals surface area contributed by atoms with Crippen molar-refractivity contribution in [2.24, 2.45) is 11.8 Å². The van der Waals surface area contributed by atoms with E-state index in [0.717, 1.165) is 32.1 Å². The number of nitrogens with one attached hydrogen (secondary N) is 1. The molecule has 2 rings (SSSR count). The van der Waals surface area contributed by atoms with Gasteiger partial charge < -0.3 is 24.4 Å². The fraction of sp³-hybridized carbons (Fsp3) is 0.636. The number of unbranched alkanes of at least 4 members (excludes halogenated alkanes) is 4. The average Bonchev–Trinajstić information content (AvgIpc) is 3.51. The molecule has 0 unspecified atom stereocenters. The summed E-state index contributed by atoms with van der Waals surface area (Å²) in [7, 11) is 1.54. The molecular formula is C33H52N2O7. The first-order chi connectivity index (χ1) is 20.2. The van der Waals surface area contributed by atoms with Crippen molar-refractivity contribution in [1.82, 2.24) is 10.2 Å². The van der Waals surface area contributed by atoms with Gasteiger partial charge >= 0.3 is 11.9 Å². The van der Waals surface area contributed by atoms with Crippen LogP contribution in [0.1, 0.15) is 78.1 Å². The maximum absolute atomic E-state index is 13.8. The topological polar surface area (TPSA) is 111 Å². The summed E-state index contributed by atoms with van der Waals surface area (Å²) in [6.45, 7) is 18.8. The smallest absolute Gasteiger partial charge is 0.332 e. The second kappa shape index (κ2) is 19.8. The van der Waals surface area contributed by atoms with Crippen molar-refractivity contribution in [2.75, 3.05) is 26.9 Å². The van der Waals surface area contributed by atoms with Crippen LogP contribution in [0.4, 0.5) is 0 Å². The monoisotopic (exact) mass is 588 g/mol. The number of amides is 2. The van der Waals surface area contributed by atoms with Crippen LogP contribution < -0.4 is 5.32 Å². The van der Waals surface area contributed by atoms with Crippen molar-refractivity contribution >= 4 is 23.8 Å². The van der Waals surface area contributed by atoms with Gasteiger partial charge in [-0.05, 0) is 52.4 Å². The molecule has 9 heteroatoms. The molecule has 42 heavy (non-hydrogen) atoms. The van der Waals surface area contributed by atoms with E-state index in [4.69, 9.17) is 14.2 Å². The zero-order valence-corrected chi connectivity index (χ0v) is 25.9. The van der Waals surface area contributed by atoms with Crippen molar-refractivity contribution in [2.45, 2.75) is 95.7 Å². The van der Waals surface area contributed by atoms with E-state index in [1.165, 1.54) is 4.90 Å². The van der Waals surface area contributed by atoms with E-state index >= 15 is 0 Å². The molecule has 1 saturated carbocycles. The summed E-state index contributed by atoms with van der Waals surface area (Å²) < 4.78 is 16.1. The van der Waals surface area contributed by atoms with Crippen LogP contribution in [0.3, 0.4) is 0 Å². The summed E-state index contributed by atoms with van der Waals surface area (Å²) in [6.07, 6.45) is 12.7. The van der Waals surface area contributed by atoms with Crippen LogP contribution >= 0.6 is 0 Å². The molecule has 0 aromatic rings. The lowest BCUT2D eigenvalue weighted by molar-refractivity contribution is -0.152. The van der Waals surface area contributed by atoms with Gasteiger partial charge in [0.2, 0.25) is 11.8 Å². The van der Waals surface area contributed by atoms with Crippen molar-refractivity contribution in [3.8, 4) is 0 Å². The highest BCUT2D eigenvalue weighted by atomic mass is 16.5. The molecule has 0 aromatic carbocycles. The predicted molar refractivity (Wildman–Crippen MR) is 164 cm³/mol. The number of ether oxygens (including phenoxy) is 3. The molecule has 1 saturated heterocycles. The van der Waals surface area contributed by atoms with Gasteiger partial charge in [-0.15, -0.1) is 26.3 Å². The van der Waals surface area contributed by atoms with Crippen LogP contribution in [0.15, 0.2) is 50.6 Å². The predicted octanol–water partition coefficient (Wildman–Crippen LogP) is 5.07. The summed E-state index contributed by atoms with van der Waals surface area (Å²) in [5, 5.41) is 2.87. The van der Waals surface area contributed by atoms with E-state index in [0.29, 0.717) is 25.7 Å².